The summed E-state index contributed by atoms with van der Waals surface area (Å²) in [5, 5.41) is 4.65. The monoisotopic (exact) mass is 257 g/mol. The molecule has 102 valence electrons. The Bertz CT molecular complexity index is 569. The number of nitrogens with two attached hydrogens (primary N) is 1. The molecule has 0 aliphatic carbocycles. The Labute approximate surface area is 115 Å². The molecule has 0 aliphatic rings. The predicted molar refractivity (Wildman–Crippen MR) is 79.6 cm³/mol. The minimum absolute atomic E-state index is 0.0996. The van der Waals surface area contributed by atoms with Gasteiger partial charge in [0.25, 0.3) is 0 Å². The standard InChI is InChI=1S/C16H23N3/c1-5-15-11(3)18-19(12(15)4)14-9-7-8-13(10-14)16(17)6-2/h7-10,16H,5-6,17H2,1-4H3. The third-order valence-electron chi connectivity index (χ3n) is 3.78. The number of rotatable bonds is 4. The molecule has 0 bridgehead atoms. The van der Waals surface area contributed by atoms with Crippen molar-refractivity contribution in [1.82, 2.24) is 9.78 Å². The molecule has 19 heavy (non-hydrogen) atoms. The van der Waals surface area contributed by atoms with Crippen molar-refractivity contribution in [2.24, 2.45) is 5.73 Å². The van der Waals surface area contributed by atoms with Crippen LogP contribution in [0.1, 0.15) is 48.8 Å². The molecule has 1 aromatic carbocycles. The summed E-state index contributed by atoms with van der Waals surface area (Å²) in [6.07, 6.45) is 1.96. The Hall–Kier alpha value is -1.61. The molecule has 0 spiro atoms. The predicted octanol–water partition coefficient (Wildman–Crippen LogP) is 3.46. The zero-order valence-corrected chi connectivity index (χ0v) is 12.3. The first-order chi connectivity index (χ1) is 9.08. The van der Waals surface area contributed by atoms with Gasteiger partial charge < -0.3 is 5.73 Å². The van der Waals surface area contributed by atoms with Gasteiger partial charge in [-0.2, -0.15) is 5.10 Å². The molecule has 0 aliphatic heterocycles. The highest BCUT2D eigenvalue weighted by Crippen LogP contribution is 2.21. The van der Waals surface area contributed by atoms with Crippen molar-refractivity contribution in [2.45, 2.75) is 46.6 Å². The maximum Gasteiger partial charge on any atom is 0.0652 e. The van der Waals surface area contributed by atoms with Crippen LogP contribution in [0.3, 0.4) is 0 Å². The largest absolute Gasteiger partial charge is 0.324 e. The van der Waals surface area contributed by atoms with Crippen LogP contribution >= 0.6 is 0 Å². The lowest BCUT2D eigenvalue weighted by Crippen LogP contribution is -2.09. The van der Waals surface area contributed by atoms with E-state index in [0.29, 0.717) is 0 Å². The quantitative estimate of drug-likeness (QED) is 0.911. The fourth-order valence-corrected chi connectivity index (χ4v) is 2.56. The Morgan fingerprint density at radius 3 is 2.58 bits per heavy atom. The number of aryl methyl sites for hydroxylation is 1. The van der Waals surface area contributed by atoms with Crippen LogP contribution in [0.2, 0.25) is 0 Å². The topological polar surface area (TPSA) is 43.8 Å². The Kier molecular flexibility index (Phi) is 4.05. The highest BCUT2D eigenvalue weighted by molar-refractivity contribution is 5.40. The lowest BCUT2D eigenvalue weighted by Gasteiger charge is -2.12. The molecule has 2 rings (SSSR count). The van der Waals surface area contributed by atoms with Crippen LogP contribution in [0.25, 0.3) is 5.69 Å². The second kappa shape index (κ2) is 5.57. The van der Waals surface area contributed by atoms with Gasteiger partial charge in [-0.3, -0.25) is 0 Å². The smallest absolute Gasteiger partial charge is 0.0652 e. The molecule has 1 aromatic heterocycles. The van der Waals surface area contributed by atoms with Gasteiger partial charge in [0.15, 0.2) is 0 Å². The van der Waals surface area contributed by atoms with Crippen LogP contribution < -0.4 is 5.73 Å². The van der Waals surface area contributed by atoms with Crippen LogP contribution in [-0.2, 0) is 6.42 Å². The lowest BCUT2D eigenvalue weighted by atomic mass is 10.0. The molecule has 0 saturated carbocycles. The maximum atomic E-state index is 6.11. The Morgan fingerprint density at radius 1 is 1.26 bits per heavy atom. The minimum atomic E-state index is 0.0996. The average molecular weight is 257 g/mol. The van der Waals surface area contributed by atoms with Gasteiger partial charge in [-0.1, -0.05) is 26.0 Å². The maximum absolute atomic E-state index is 6.11. The second-order valence-electron chi connectivity index (χ2n) is 5.02. The van der Waals surface area contributed by atoms with Crippen LogP contribution in [0.15, 0.2) is 24.3 Å². The first-order valence-electron chi connectivity index (χ1n) is 6.99. The van der Waals surface area contributed by atoms with Crippen molar-refractivity contribution in [3.8, 4) is 5.69 Å². The van der Waals surface area contributed by atoms with Crippen LogP contribution in [0, 0.1) is 13.8 Å². The normalized spacial score (nSPS) is 12.7. The molecule has 0 radical (unpaired) electrons. The number of hydrogen-bond acceptors (Lipinski definition) is 2. The molecule has 0 amide bonds. The van der Waals surface area contributed by atoms with Gasteiger partial charge in [0, 0.05) is 11.7 Å². The molecule has 3 nitrogen and oxygen atoms in total. The fourth-order valence-electron chi connectivity index (χ4n) is 2.56. The SMILES string of the molecule is CCc1c(C)nn(-c2cccc(C(N)CC)c2)c1C. The van der Waals surface area contributed by atoms with Crippen molar-refractivity contribution < 1.29 is 0 Å². The van der Waals surface area contributed by atoms with Gasteiger partial charge in [-0.25, -0.2) is 4.68 Å². The molecule has 1 heterocycles. The number of benzene rings is 1. The summed E-state index contributed by atoms with van der Waals surface area (Å²) in [5.74, 6) is 0. The summed E-state index contributed by atoms with van der Waals surface area (Å²) in [6.45, 7) is 8.48. The van der Waals surface area contributed by atoms with E-state index in [-0.39, 0.29) is 6.04 Å². The van der Waals surface area contributed by atoms with Crippen LogP contribution in [-0.4, -0.2) is 9.78 Å². The van der Waals surface area contributed by atoms with Gasteiger partial charge in [-0.15, -0.1) is 0 Å². The zero-order valence-electron chi connectivity index (χ0n) is 12.3. The summed E-state index contributed by atoms with van der Waals surface area (Å²) < 4.78 is 2.03. The van der Waals surface area contributed by atoms with Gasteiger partial charge in [0.1, 0.15) is 0 Å². The van der Waals surface area contributed by atoms with E-state index in [1.54, 1.807) is 0 Å². The summed E-state index contributed by atoms with van der Waals surface area (Å²) in [7, 11) is 0. The molecule has 3 heteroatoms. The van der Waals surface area contributed by atoms with E-state index >= 15 is 0 Å². The Morgan fingerprint density at radius 2 is 2.00 bits per heavy atom. The summed E-state index contributed by atoms with van der Waals surface area (Å²) in [5.41, 5.74) is 12.1. The molecule has 0 saturated heterocycles. The summed E-state index contributed by atoms with van der Waals surface area (Å²) in [6, 6.07) is 8.48. The van der Waals surface area contributed by atoms with Gasteiger partial charge in [-0.05, 0) is 49.9 Å². The molecule has 1 atom stereocenters. The average Bonchev–Trinajstić information content (AvgIpc) is 2.72. The summed E-state index contributed by atoms with van der Waals surface area (Å²) >= 11 is 0. The third-order valence-corrected chi connectivity index (χ3v) is 3.78. The number of hydrogen-bond donors (Lipinski definition) is 1. The molecule has 0 fully saturated rings. The fraction of sp³-hybridized carbons (Fsp3) is 0.438. The van der Waals surface area contributed by atoms with Crippen molar-refractivity contribution in [2.75, 3.05) is 0 Å². The highest BCUT2D eigenvalue weighted by atomic mass is 15.3. The van der Waals surface area contributed by atoms with Gasteiger partial charge in [0.05, 0.1) is 11.4 Å². The number of nitrogens with zero attached hydrogens (tertiary/aromatic N) is 2. The van der Waals surface area contributed by atoms with Crippen LogP contribution in [0.5, 0.6) is 0 Å². The van der Waals surface area contributed by atoms with Crippen molar-refractivity contribution in [3.05, 3.63) is 46.8 Å². The van der Waals surface area contributed by atoms with Gasteiger partial charge >= 0.3 is 0 Å². The van der Waals surface area contributed by atoms with Crippen molar-refractivity contribution in [1.29, 1.82) is 0 Å². The molecule has 2 aromatic rings. The summed E-state index contributed by atoms with van der Waals surface area (Å²) in [4.78, 5) is 0. The minimum Gasteiger partial charge on any atom is -0.324 e. The lowest BCUT2D eigenvalue weighted by molar-refractivity contribution is 0.696. The molecule has 2 N–H and O–H groups in total. The highest BCUT2D eigenvalue weighted by Gasteiger charge is 2.12. The molecular weight excluding hydrogens is 234 g/mol. The number of aromatic nitrogens is 2. The second-order valence-corrected chi connectivity index (χ2v) is 5.02. The van der Waals surface area contributed by atoms with Crippen LogP contribution in [0.4, 0.5) is 0 Å². The van der Waals surface area contributed by atoms with Gasteiger partial charge in [0.2, 0.25) is 0 Å². The van der Waals surface area contributed by atoms with E-state index in [1.165, 1.54) is 16.8 Å². The first-order valence-corrected chi connectivity index (χ1v) is 6.99. The van der Waals surface area contributed by atoms with E-state index in [0.717, 1.165) is 24.2 Å². The van der Waals surface area contributed by atoms with E-state index in [4.69, 9.17) is 5.73 Å². The molecule has 1 unspecified atom stereocenters. The van der Waals surface area contributed by atoms with Crippen molar-refractivity contribution in [3.63, 3.8) is 0 Å². The van der Waals surface area contributed by atoms with E-state index < -0.39 is 0 Å². The van der Waals surface area contributed by atoms with E-state index in [9.17, 15) is 0 Å². The zero-order chi connectivity index (χ0) is 14.0. The molecular formula is C16H23N3. The van der Waals surface area contributed by atoms with E-state index in [1.807, 2.05) is 4.68 Å². The first kappa shape index (κ1) is 13.8. The van der Waals surface area contributed by atoms with E-state index in [2.05, 4.69) is 57.1 Å². The van der Waals surface area contributed by atoms with Crippen molar-refractivity contribution >= 4 is 0 Å². The Balaban J connectivity index is 2.47. The third kappa shape index (κ3) is 2.56.